The van der Waals surface area contributed by atoms with Crippen LogP contribution < -0.4 is 4.74 Å². The number of carboxylic acids is 1. The van der Waals surface area contributed by atoms with Gasteiger partial charge in [0.2, 0.25) is 0 Å². The lowest BCUT2D eigenvalue weighted by Gasteiger charge is -2.25. The van der Waals surface area contributed by atoms with Crippen molar-refractivity contribution in [2.24, 2.45) is 0 Å². The van der Waals surface area contributed by atoms with Gasteiger partial charge in [-0.1, -0.05) is 97.6 Å². The summed E-state index contributed by atoms with van der Waals surface area (Å²) in [7, 11) is 0. The van der Waals surface area contributed by atoms with E-state index in [1.807, 2.05) is 13.0 Å². The van der Waals surface area contributed by atoms with Crippen LogP contribution in [0.25, 0.3) is 0 Å². The molecule has 1 unspecified atom stereocenters. The van der Waals surface area contributed by atoms with Gasteiger partial charge in [0.15, 0.2) is 6.10 Å². The molecule has 0 aromatic heterocycles. The number of unbranched alkanes of at least 4 members (excludes halogenated alkanes) is 9. The van der Waals surface area contributed by atoms with Crippen LogP contribution in [0, 0.1) is 6.92 Å². The first-order chi connectivity index (χ1) is 13.8. The molecule has 0 radical (unpaired) electrons. The third-order valence-corrected chi connectivity index (χ3v) is 6.20. The average Bonchev–Trinajstić information content (AvgIpc) is 2.69. The van der Waals surface area contributed by atoms with Gasteiger partial charge in [-0.15, -0.1) is 0 Å². The smallest absolute Gasteiger partial charge is 0.344 e. The summed E-state index contributed by atoms with van der Waals surface area (Å²) in [5, 5.41) is 9.57. The van der Waals surface area contributed by atoms with E-state index in [0.717, 1.165) is 24.8 Å². The lowest BCUT2D eigenvalue weighted by atomic mass is 9.81. The van der Waals surface area contributed by atoms with Gasteiger partial charge in [0.25, 0.3) is 0 Å². The third kappa shape index (κ3) is 9.69. The number of benzene rings is 1. The molecule has 29 heavy (non-hydrogen) atoms. The summed E-state index contributed by atoms with van der Waals surface area (Å²) >= 11 is 0. The van der Waals surface area contributed by atoms with E-state index in [2.05, 4.69) is 39.8 Å². The normalized spacial score (nSPS) is 12.7. The van der Waals surface area contributed by atoms with Crippen molar-refractivity contribution in [2.75, 3.05) is 0 Å². The predicted octanol–water partition coefficient (Wildman–Crippen LogP) is 7.83. The first kappa shape index (κ1) is 25.5. The van der Waals surface area contributed by atoms with Crippen molar-refractivity contribution >= 4 is 5.97 Å². The molecule has 0 fully saturated rings. The number of carboxylic acid groups (broad SMARTS) is 1. The topological polar surface area (TPSA) is 46.5 Å². The summed E-state index contributed by atoms with van der Waals surface area (Å²) in [4.78, 5) is 11.7. The Morgan fingerprint density at radius 1 is 0.966 bits per heavy atom. The lowest BCUT2D eigenvalue weighted by Crippen LogP contribution is -2.27. The Balaban J connectivity index is 2.40. The molecule has 0 aliphatic rings. The molecule has 1 atom stereocenters. The molecule has 3 heteroatoms. The van der Waals surface area contributed by atoms with Gasteiger partial charge in [0.05, 0.1) is 0 Å². The molecule has 0 heterocycles. The van der Waals surface area contributed by atoms with Crippen molar-refractivity contribution in [1.82, 2.24) is 0 Å². The minimum absolute atomic E-state index is 0.117. The molecule has 1 aromatic rings. The van der Waals surface area contributed by atoms with Crippen molar-refractivity contribution in [1.29, 1.82) is 0 Å². The Morgan fingerprint density at radius 3 is 2.00 bits per heavy atom. The van der Waals surface area contributed by atoms with Crippen LogP contribution in [0.2, 0.25) is 0 Å². The summed E-state index contributed by atoms with van der Waals surface area (Å²) in [5.41, 5.74) is 2.40. The van der Waals surface area contributed by atoms with Gasteiger partial charge in [-0.25, -0.2) is 4.79 Å². The molecular formula is C26H44O3. The van der Waals surface area contributed by atoms with Gasteiger partial charge in [0.1, 0.15) is 5.75 Å². The fourth-order valence-electron chi connectivity index (χ4n) is 3.61. The highest BCUT2D eigenvalue weighted by atomic mass is 16.5. The standard InChI is InChI=1S/C26H44O3/c1-6-8-9-10-11-12-13-14-15-16-17-24(25(27)28)29-23-19-18-22(20-21(23)3)26(4,5)7-2/h18-20,24H,6-17H2,1-5H3,(H,27,28). The van der Waals surface area contributed by atoms with Gasteiger partial charge in [-0.2, -0.15) is 0 Å². The van der Waals surface area contributed by atoms with Crippen LogP contribution in [-0.4, -0.2) is 17.2 Å². The summed E-state index contributed by atoms with van der Waals surface area (Å²) in [6.45, 7) is 10.9. The number of hydrogen-bond acceptors (Lipinski definition) is 2. The molecule has 0 amide bonds. The zero-order valence-electron chi connectivity index (χ0n) is 19.6. The molecule has 0 spiro atoms. The second kappa shape index (κ2) is 13.7. The largest absolute Gasteiger partial charge is 0.479 e. The monoisotopic (exact) mass is 404 g/mol. The van der Waals surface area contributed by atoms with E-state index in [-0.39, 0.29) is 5.41 Å². The van der Waals surface area contributed by atoms with Crippen molar-refractivity contribution in [3.63, 3.8) is 0 Å². The fourth-order valence-corrected chi connectivity index (χ4v) is 3.61. The fraction of sp³-hybridized carbons (Fsp3) is 0.731. The lowest BCUT2D eigenvalue weighted by molar-refractivity contribution is -0.145. The Morgan fingerprint density at radius 2 is 1.52 bits per heavy atom. The van der Waals surface area contributed by atoms with Gasteiger partial charge >= 0.3 is 5.97 Å². The minimum atomic E-state index is -0.863. The van der Waals surface area contributed by atoms with Crippen LogP contribution in [0.1, 0.15) is 116 Å². The highest BCUT2D eigenvalue weighted by molar-refractivity contribution is 5.72. The van der Waals surface area contributed by atoms with Crippen LogP contribution in [0.15, 0.2) is 18.2 Å². The molecule has 0 bridgehead atoms. The number of aryl methyl sites for hydroxylation is 1. The maximum Gasteiger partial charge on any atom is 0.344 e. The molecular weight excluding hydrogens is 360 g/mol. The van der Waals surface area contributed by atoms with E-state index in [1.54, 1.807) is 0 Å². The molecule has 0 aliphatic carbocycles. The summed E-state index contributed by atoms with van der Waals surface area (Å²) in [6.07, 6.45) is 13.4. The molecule has 0 saturated carbocycles. The second-order valence-electron chi connectivity index (χ2n) is 9.13. The number of hydrogen-bond donors (Lipinski definition) is 1. The van der Waals surface area contributed by atoms with Crippen molar-refractivity contribution in [3.8, 4) is 5.75 Å². The quantitative estimate of drug-likeness (QED) is 0.286. The van der Waals surface area contributed by atoms with Gasteiger partial charge in [0, 0.05) is 0 Å². The third-order valence-electron chi connectivity index (χ3n) is 6.20. The van der Waals surface area contributed by atoms with Crippen LogP contribution in [0.4, 0.5) is 0 Å². The maximum atomic E-state index is 11.7. The second-order valence-corrected chi connectivity index (χ2v) is 9.13. The summed E-state index contributed by atoms with van der Waals surface area (Å²) in [5.74, 6) is -0.168. The minimum Gasteiger partial charge on any atom is -0.479 e. The van der Waals surface area contributed by atoms with E-state index in [9.17, 15) is 9.90 Å². The number of rotatable bonds is 16. The Labute approximate surface area is 179 Å². The van der Waals surface area contributed by atoms with Crippen molar-refractivity contribution in [3.05, 3.63) is 29.3 Å². The molecule has 3 nitrogen and oxygen atoms in total. The Kier molecular flexibility index (Phi) is 12.0. The molecule has 1 N–H and O–H groups in total. The van der Waals surface area contributed by atoms with Crippen molar-refractivity contribution in [2.45, 2.75) is 123 Å². The van der Waals surface area contributed by atoms with E-state index in [1.165, 1.54) is 56.9 Å². The van der Waals surface area contributed by atoms with E-state index in [4.69, 9.17) is 4.74 Å². The zero-order valence-corrected chi connectivity index (χ0v) is 19.6. The van der Waals surface area contributed by atoms with Crippen LogP contribution in [0.5, 0.6) is 5.75 Å². The zero-order chi connectivity index (χ0) is 21.7. The SMILES string of the molecule is CCCCCCCCCCCCC(Oc1ccc(C(C)(C)CC)cc1C)C(=O)O. The highest BCUT2D eigenvalue weighted by Gasteiger charge is 2.22. The Hall–Kier alpha value is -1.51. The molecule has 166 valence electrons. The summed E-state index contributed by atoms with van der Waals surface area (Å²) < 4.78 is 5.89. The number of aliphatic carboxylic acids is 1. The van der Waals surface area contributed by atoms with Crippen molar-refractivity contribution < 1.29 is 14.6 Å². The maximum absolute atomic E-state index is 11.7. The predicted molar refractivity (Wildman–Crippen MR) is 123 cm³/mol. The van der Waals surface area contributed by atoms with E-state index >= 15 is 0 Å². The van der Waals surface area contributed by atoms with Crippen LogP contribution in [0.3, 0.4) is 0 Å². The first-order valence-corrected chi connectivity index (χ1v) is 11.8. The van der Waals surface area contributed by atoms with Gasteiger partial charge in [-0.3, -0.25) is 0 Å². The molecule has 1 rings (SSSR count). The highest BCUT2D eigenvalue weighted by Crippen LogP contribution is 2.31. The summed E-state index contributed by atoms with van der Waals surface area (Å²) in [6, 6.07) is 6.15. The molecule has 0 saturated heterocycles. The van der Waals surface area contributed by atoms with Gasteiger partial charge < -0.3 is 9.84 Å². The average molecular weight is 405 g/mol. The number of carbonyl (C=O) groups is 1. The number of ether oxygens (including phenoxy) is 1. The first-order valence-electron chi connectivity index (χ1n) is 11.8. The van der Waals surface area contributed by atoms with Gasteiger partial charge in [-0.05, 0) is 48.8 Å². The van der Waals surface area contributed by atoms with Crippen LogP contribution in [-0.2, 0) is 10.2 Å². The van der Waals surface area contributed by atoms with E-state index < -0.39 is 12.1 Å². The molecule has 1 aromatic carbocycles. The van der Waals surface area contributed by atoms with E-state index in [0.29, 0.717) is 12.2 Å². The van der Waals surface area contributed by atoms with Crippen LogP contribution >= 0.6 is 0 Å². The molecule has 0 aliphatic heterocycles. The Bertz CT molecular complexity index is 592.